The molecule has 0 N–H and O–H groups in total. The fourth-order valence-electron chi connectivity index (χ4n) is 10.4. The molecule has 65 heavy (non-hydrogen) atoms. The van der Waals surface area contributed by atoms with Crippen molar-refractivity contribution in [2.24, 2.45) is 0 Å². The number of hydrogen-bond acceptors (Lipinski definition) is 1. The van der Waals surface area contributed by atoms with Crippen LogP contribution in [0.15, 0.2) is 247 Å². The minimum absolute atomic E-state index is 0.870. The van der Waals surface area contributed by atoms with Gasteiger partial charge in [-0.3, -0.25) is 0 Å². The van der Waals surface area contributed by atoms with E-state index in [2.05, 4.69) is 243 Å². The SMILES string of the molecule is c1ccc(-c2cc(-c3cc(-c4ccccc4)c4oc5c(-c6ccccc6)cc(-c6cc(-c7ccccc7)c7ccccc7c6)c6cccc(c7cccc3c47)c65)cc3ccccc23)cc1. The number of benzene rings is 12. The van der Waals surface area contributed by atoms with E-state index in [1.54, 1.807) is 0 Å². The van der Waals surface area contributed by atoms with Crippen molar-refractivity contribution in [3.63, 3.8) is 0 Å². The molecule has 0 saturated heterocycles. The lowest BCUT2D eigenvalue weighted by molar-refractivity contribution is 0.666. The average molecular weight is 825 g/mol. The molecule has 1 nitrogen and oxygen atoms in total. The summed E-state index contributed by atoms with van der Waals surface area (Å²) < 4.78 is 7.73. The van der Waals surface area contributed by atoms with Gasteiger partial charge in [0.2, 0.25) is 0 Å². The van der Waals surface area contributed by atoms with Crippen LogP contribution in [-0.2, 0) is 0 Å². The molecule has 0 radical (unpaired) electrons. The van der Waals surface area contributed by atoms with Gasteiger partial charge in [0.05, 0.1) is 0 Å². The molecule has 0 saturated carbocycles. The van der Waals surface area contributed by atoms with Gasteiger partial charge in [-0.25, -0.2) is 0 Å². The Labute approximate surface area is 377 Å². The predicted octanol–water partition coefficient (Wildman–Crippen LogP) is 18.2. The molecule has 13 rings (SSSR count). The Hall–Kier alpha value is -8.52. The van der Waals surface area contributed by atoms with E-state index in [1.165, 1.54) is 66.1 Å². The zero-order valence-corrected chi connectivity index (χ0v) is 35.5. The maximum atomic E-state index is 7.73. The molecular formula is C64H40O. The van der Waals surface area contributed by atoms with E-state index < -0.39 is 0 Å². The number of rotatable bonds is 6. The quantitative estimate of drug-likeness (QED) is 0.163. The Kier molecular flexibility index (Phi) is 8.60. The molecule has 12 aromatic carbocycles. The summed E-state index contributed by atoms with van der Waals surface area (Å²) in [6, 6.07) is 88.5. The van der Waals surface area contributed by atoms with Crippen molar-refractivity contribution in [2.75, 3.05) is 0 Å². The van der Waals surface area contributed by atoms with Crippen LogP contribution < -0.4 is 0 Å². The van der Waals surface area contributed by atoms with Gasteiger partial charge < -0.3 is 4.42 Å². The molecule has 0 aliphatic heterocycles. The van der Waals surface area contributed by atoms with Crippen molar-refractivity contribution in [3.8, 4) is 66.8 Å². The van der Waals surface area contributed by atoms with Crippen molar-refractivity contribution in [1.82, 2.24) is 0 Å². The molecule has 1 heterocycles. The van der Waals surface area contributed by atoms with E-state index in [9.17, 15) is 0 Å². The maximum absolute atomic E-state index is 7.73. The van der Waals surface area contributed by atoms with Crippen LogP contribution in [0.1, 0.15) is 0 Å². The van der Waals surface area contributed by atoms with Gasteiger partial charge >= 0.3 is 0 Å². The van der Waals surface area contributed by atoms with Gasteiger partial charge in [0.1, 0.15) is 11.2 Å². The van der Waals surface area contributed by atoms with E-state index in [4.69, 9.17) is 4.42 Å². The van der Waals surface area contributed by atoms with Gasteiger partial charge in [0, 0.05) is 21.9 Å². The molecule has 13 aromatic rings. The van der Waals surface area contributed by atoms with Gasteiger partial charge in [-0.15, -0.1) is 0 Å². The summed E-state index contributed by atoms with van der Waals surface area (Å²) in [6.45, 7) is 0. The van der Waals surface area contributed by atoms with Crippen LogP contribution in [0.2, 0.25) is 0 Å². The maximum Gasteiger partial charge on any atom is 0.143 e. The lowest BCUT2D eigenvalue weighted by Gasteiger charge is -2.16. The van der Waals surface area contributed by atoms with E-state index in [-0.39, 0.29) is 0 Å². The summed E-state index contributed by atoms with van der Waals surface area (Å²) in [4.78, 5) is 0. The molecule has 0 spiro atoms. The van der Waals surface area contributed by atoms with Crippen molar-refractivity contribution in [2.45, 2.75) is 0 Å². The van der Waals surface area contributed by atoms with Crippen LogP contribution in [0, 0.1) is 0 Å². The molecular weight excluding hydrogens is 785 g/mol. The van der Waals surface area contributed by atoms with Crippen LogP contribution in [0.5, 0.6) is 0 Å². The Balaban J connectivity index is 1.19. The smallest absolute Gasteiger partial charge is 0.143 e. The van der Waals surface area contributed by atoms with E-state index in [1.807, 2.05) is 0 Å². The monoisotopic (exact) mass is 824 g/mol. The molecule has 1 heteroatoms. The van der Waals surface area contributed by atoms with Gasteiger partial charge in [0.15, 0.2) is 0 Å². The summed E-state index contributed by atoms with van der Waals surface area (Å²) in [6.07, 6.45) is 0. The van der Waals surface area contributed by atoms with Crippen molar-refractivity contribution in [3.05, 3.63) is 243 Å². The van der Waals surface area contributed by atoms with E-state index >= 15 is 0 Å². The normalized spacial score (nSPS) is 11.7. The second-order valence-corrected chi connectivity index (χ2v) is 17.1. The third kappa shape index (κ3) is 6.09. The zero-order valence-electron chi connectivity index (χ0n) is 35.5. The van der Waals surface area contributed by atoms with Gasteiger partial charge in [0.25, 0.3) is 0 Å². The average Bonchev–Trinajstić information content (AvgIpc) is 3.53. The Morgan fingerprint density at radius 2 is 0.508 bits per heavy atom. The molecule has 0 amide bonds. The van der Waals surface area contributed by atoms with E-state index in [0.29, 0.717) is 0 Å². The molecule has 0 atom stereocenters. The molecule has 302 valence electrons. The summed E-state index contributed by atoms with van der Waals surface area (Å²) in [7, 11) is 0. The second-order valence-electron chi connectivity index (χ2n) is 17.1. The summed E-state index contributed by atoms with van der Waals surface area (Å²) in [5.74, 6) is 0. The second kappa shape index (κ2) is 15.1. The first-order valence-electron chi connectivity index (χ1n) is 22.4. The lowest BCUT2D eigenvalue weighted by atomic mass is 9.86. The standard InChI is InChI=1S/C64H40O/c1-5-19-41(20-6-1)55-37-47(35-45-27-13-15-29-49(45)55)57-39-59(43-23-9-3-10-24-43)63-61-51(31-17-33-53(57)61)52-32-18-34-54-58(40-60(64(65-63)62(52)54)44-25-11-4-12-26-44)48-36-46-28-14-16-30-50(46)56(38-48)42-21-7-2-8-22-42/h1-40H. The fraction of sp³-hybridized carbons (Fsp3) is 0. The molecule has 0 aliphatic carbocycles. The Bertz CT molecular complexity index is 3700. The van der Waals surface area contributed by atoms with Crippen molar-refractivity contribution in [1.29, 1.82) is 0 Å². The fourth-order valence-corrected chi connectivity index (χ4v) is 10.4. The topological polar surface area (TPSA) is 13.1 Å². The molecule has 0 fully saturated rings. The first-order chi connectivity index (χ1) is 32.2. The van der Waals surface area contributed by atoms with Crippen molar-refractivity contribution < 1.29 is 4.42 Å². The Morgan fingerprint density at radius 1 is 0.200 bits per heavy atom. The van der Waals surface area contributed by atoms with Crippen LogP contribution in [0.25, 0.3) is 132 Å². The molecule has 0 aliphatic rings. The largest absolute Gasteiger partial charge is 0.455 e. The van der Waals surface area contributed by atoms with E-state index in [0.717, 1.165) is 65.7 Å². The van der Waals surface area contributed by atoms with Crippen LogP contribution in [-0.4, -0.2) is 0 Å². The van der Waals surface area contributed by atoms with Crippen LogP contribution in [0.3, 0.4) is 0 Å². The van der Waals surface area contributed by atoms with Gasteiger partial charge in [-0.2, -0.15) is 0 Å². The highest BCUT2D eigenvalue weighted by Gasteiger charge is 2.23. The first kappa shape index (κ1) is 37.1. The Morgan fingerprint density at radius 3 is 0.908 bits per heavy atom. The summed E-state index contributed by atoms with van der Waals surface area (Å²) >= 11 is 0. The number of hydrogen-bond donors (Lipinski definition) is 0. The molecule has 1 aromatic heterocycles. The number of fused-ring (bicyclic) bond motifs is 3. The van der Waals surface area contributed by atoms with Crippen molar-refractivity contribution >= 4 is 65.0 Å². The van der Waals surface area contributed by atoms with Gasteiger partial charge in [-0.05, 0) is 135 Å². The highest BCUT2D eigenvalue weighted by atomic mass is 16.3. The third-order valence-electron chi connectivity index (χ3n) is 13.4. The van der Waals surface area contributed by atoms with Gasteiger partial charge in [-0.1, -0.05) is 206 Å². The third-order valence-corrected chi connectivity index (χ3v) is 13.4. The summed E-state index contributed by atoms with van der Waals surface area (Å²) in [5.41, 5.74) is 15.6. The highest BCUT2D eigenvalue weighted by molar-refractivity contribution is 6.29. The zero-order chi connectivity index (χ0) is 42.8. The van der Waals surface area contributed by atoms with Crippen LogP contribution in [0.4, 0.5) is 0 Å². The van der Waals surface area contributed by atoms with Crippen LogP contribution >= 0.6 is 0 Å². The minimum Gasteiger partial charge on any atom is -0.455 e. The minimum atomic E-state index is 0.870. The predicted molar refractivity (Wildman–Crippen MR) is 276 cm³/mol. The first-order valence-corrected chi connectivity index (χ1v) is 22.4. The molecule has 0 unspecified atom stereocenters. The highest BCUT2D eigenvalue weighted by Crippen LogP contribution is 2.49. The molecule has 0 bridgehead atoms. The summed E-state index contributed by atoms with van der Waals surface area (Å²) in [5, 5.41) is 11.7. The lowest BCUT2D eigenvalue weighted by Crippen LogP contribution is -1.90.